The summed E-state index contributed by atoms with van der Waals surface area (Å²) in [4.78, 5) is 22.0. The summed E-state index contributed by atoms with van der Waals surface area (Å²) in [5.74, 6) is -0.801. The number of esters is 1. The van der Waals surface area contributed by atoms with Gasteiger partial charge >= 0.3 is 5.97 Å². The minimum atomic E-state index is -0.706. The maximum Gasteiger partial charge on any atom is 0.316 e. The molecule has 1 aromatic carbocycles. The standard InChI is InChI=1S/C22H21N3O2S/c1-3-27-22(26)19-18(16-11-8-12-24-14-16)17(13-23)21(28-4-2)25-20(19)15-9-6-5-7-10-15/h5-12,14,18-19H,3-4H2,1-2H3/t18-,19?/m0/s1. The number of rotatable bonds is 6. The Kier molecular flexibility index (Phi) is 6.62. The van der Waals surface area contributed by atoms with Gasteiger partial charge in [-0.05, 0) is 29.9 Å². The Morgan fingerprint density at radius 2 is 2.00 bits per heavy atom. The molecule has 28 heavy (non-hydrogen) atoms. The van der Waals surface area contributed by atoms with Crippen molar-refractivity contribution in [3.63, 3.8) is 0 Å². The monoisotopic (exact) mass is 391 g/mol. The maximum absolute atomic E-state index is 13.0. The summed E-state index contributed by atoms with van der Waals surface area (Å²) >= 11 is 1.51. The fourth-order valence-corrected chi connectivity index (χ4v) is 4.08. The first kappa shape index (κ1) is 19.8. The molecule has 0 fully saturated rings. The zero-order chi connectivity index (χ0) is 19.9. The van der Waals surface area contributed by atoms with Crippen LogP contribution in [0.25, 0.3) is 0 Å². The van der Waals surface area contributed by atoms with Crippen molar-refractivity contribution in [3.05, 3.63) is 76.6 Å². The van der Waals surface area contributed by atoms with E-state index in [-0.39, 0.29) is 12.6 Å². The van der Waals surface area contributed by atoms with Crippen LogP contribution in [0.15, 0.2) is 70.5 Å². The number of hydrogen-bond donors (Lipinski definition) is 0. The summed E-state index contributed by atoms with van der Waals surface area (Å²) < 4.78 is 5.39. The molecule has 1 unspecified atom stereocenters. The fourth-order valence-electron chi connectivity index (χ4n) is 3.31. The molecule has 1 aromatic heterocycles. The van der Waals surface area contributed by atoms with E-state index in [2.05, 4.69) is 11.1 Å². The molecular formula is C22H21N3O2S. The summed E-state index contributed by atoms with van der Waals surface area (Å²) in [7, 11) is 0. The third-order valence-corrected chi connectivity index (χ3v) is 5.32. The smallest absolute Gasteiger partial charge is 0.316 e. The van der Waals surface area contributed by atoms with Gasteiger partial charge in [0.1, 0.15) is 10.9 Å². The van der Waals surface area contributed by atoms with E-state index in [0.717, 1.165) is 16.9 Å². The second kappa shape index (κ2) is 9.34. The number of aromatic nitrogens is 1. The SMILES string of the molecule is CCOC(=O)C1C(c2ccccc2)=NC(SCC)=C(C#N)[C@@H]1c1cccnc1. The molecule has 0 bridgehead atoms. The summed E-state index contributed by atoms with van der Waals surface area (Å²) in [6.07, 6.45) is 3.38. The molecule has 0 radical (unpaired) electrons. The largest absolute Gasteiger partial charge is 0.465 e. The van der Waals surface area contributed by atoms with Gasteiger partial charge in [0.25, 0.3) is 0 Å². The Morgan fingerprint density at radius 3 is 2.61 bits per heavy atom. The highest BCUT2D eigenvalue weighted by atomic mass is 32.2. The van der Waals surface area contributed by atoms with Crippen LogP contribution in [0.5, 0.6) is 0 Å². The van der Waals surface area contributed by atoms with Crippen molar-refractivity contribution < 1.29 is 9.53 Å². The molecule has 1 aliphatic heterocycles. The van der Waals surface area contributed by atoms with Gasteiger partial charge in [-0.15, -0.1) is 11.8 Å². The summed E-state index contributed by atoms with van der Waals surface area (Å²) in [5.41, 5.74) is 2.76. The second-order valence-corrected chi connectivity index (χ2v) is 7.37. The molecule has 2 heterocycles. The molecule has 2 aromatic rings. The van der Waals surface area contributed by atoms with E-state index in [1.54, 1.807) is 19.3 Å². The van der Waals surface area contributed by atoms with Gasteiger partial charge in [0, 0.05) is 18.3 Å². The zero-order valence-electron chi connectivity index (χ0n) is 15.8. The van der Waals surface area contributed by atoms with E-state index >= 15 is 0 Å². The number of pyridine rings is 1. The Bertz CT molecular complexity index is 933. The first-order valence-electron chi connectivity index (χ1n) is 9.18. The van der Waals surface area contributed by atoms with Crippen LogP contribution in [0.4, 0.5) is 0 Å². The number of aliphatic imine (C=N–C) groups is 1. The average molecular weight is 391 g/mol. The van der Waals surface area contributed by atoms with Crippen molar-refractivity contribution in [2.24, 2.45) is 10.9 Å². The number of hydrogen-bond acceptors (Lipinski definition) is 6. The molecule has 0 saturated carbocycles. The Balaban J connectivity index is 2.25. The van der Waals surface area contributed by atoms with E-state index in [1.165, 1.54) is 11.8 Å². The molecular weight excluding hydrogens is 370 g/mol. The van der Waals surface area contributed by atoms with Gasteiger partial charge < -0.3 is 4.74 Å². The number of thioether (sulfide) groups is 1. The molecule has 0 N–H and O–H groups in total. The Hall–Kier alpha value is -2.91. The van der Waals surface area contributed by atoms with Gasteiger partial charge in [-0.1, -0.05) is 43.3 Å². The van der Waals surface area contributed by atoms with Crippen molar-refractivity contribution in [1.29, 1.82) is 5.26 Å². The summed E-state index contributed by atoms with van der Waals surface area (Å²) in [6, 6.07) is 15.6. The van der Waals surface area contributed by atoms with Crippen molar-refractivity contribution in [3.8, 4) is 6.07 Å². The quantitative estimate of drug-likeness (QED) is 0.685. The molecule has 5 nitrogen and oxygen atoms in total. The van der Waals surface area contributed by atoms with Crippen LogP contribution < -0.4 is 0 Å². The number of nitriles is 1. The Morgan fingerprint density at radius 1 is 1.21 bits per heavy atom. The van der Waals surface area contributed by atoms with Crippen molar-refractivity contribution in [1.82, 2.24) is 4.98 Å². The number of carbonyl (C=O) groups is 1. The van der Waals surface area contributed by atoms with Crippen LogP contribution >= 0.6 is 11.8 Å². The van der Waals surface area contributed by atoms with Gasteiger partial charge in [-0.25, -0.2) is 4.99 Å². The Labute approximate surface area is 169 Å². The highest BCUT2D eigenvalue weighted by Gasteiger charge is 2.42. The molecule has 1 aliphatic rings. The highest BCUT2D eigenvalue weighted by molar-refractivity contribution is 8.03. The first-order chi connectivity index (χ1) is 13.7. The summed E-state index contributed by atoms with van der Waals surface area (Å²) in [6.45, 7) is 4.05. The van der Waals surface area contributed by atoms with Crippen LogP contribution in [0.2, 0.25) is 0 Å². The lowest BCUT2D eigenvalue weighted by molar-refractivity contribution is -0.145. The van der Waals surface area contributed by atoms with Crippen LogP contribution in [-0.2, 0) is 9.53 Å². The second-order valence-electron chi connectivity index (χ2n) is 6.12. The predicted molar refractivity (Wildman–Crippen MR) is 111 cm³/mol. The van der Waals surface area contributed by atoms with Gasteiger partial charge in [0.2, 0.25) is 0 Å². The number of carbonyl (C=O) groups excluding carboxylic acids is 1. The lowest BCUT2D eigenvalue weighted by Gasteiger charge is -2.31. The number of benzene rings is 1. The van der Waals surface area contributed by atoms with E-state index in [4.69, 9.17) is 9.73 Å². The fraction of sp³-hybridized carbons (Fsp3) is 0.273. The summed E-state index contributed by atoms with van der Waals surface area (Å²) in [5, 5.41) is 10.6. The third kappa shape index (κ3) is 4.00. The van der Waals surface area contributed by atoms with E-state index in [0.29, 0.717) is 16.3 Å². The zero-order valence-corrected chi connectivity index (χ0v) is 16.6. The third-order valence-electron chi connectivity index (χ3n) is 4.45. The van der Waals surface area contributed by atoms with Crippen molar-refractivity contribution in [2.75, 3.05) is 12.4 Å². The topological polar surface area (TPSA) is 75.3 Å². The minimum absolute atomic E-state index is 0.263. The van der Waals surface area contributed by atoms with Gasteiger partial charge in [0.15, 0.2) is 0 Å². The van der Waals surface area contributed by atoms with E-state index in [1.807, 2.05) is 49.4 Å². The van der Waals surface area contributed by atoms with E-state index in [9.17, 15) is 10.1 Å². The van der Waals surface area contributed by atoms with Gasteiger partial charge in [-0.3, -0.25) is 9.78 Å². The molecule has 0 aliphatic carbocycles. The minimum Gasteiger partial charge on any atom is -0.465 e. The van der Waals surface area contributed by atoms with Crippen molar-refractivity contribution >= 4 is 23.4 Å². The first-order valence-corrected chi connectivity index (χ1v) is 10.2. The lowest BCUT2D eigenvalue weighted by atomic mass is 9.76. The molecule has 0 amide bonds. The van der Waals surface area contributed by atoms with Crippen LogP contribution in [0, 0.1) is 17.2 Å². The van der Waals surface area contributed by atoms with Crippen molar-refractivity contribution in [2.45, 2.75) is 19.8 Å². The number of nitrogens with zero attached hydrogens (tertiary/aromatic N) is 3. The number of allylic oxidation sites excluding steroid dienone is 1. The predicted octanol–water partition coefficient (Wildman–Crippen LogP) is 4.34. The average Bonchev–Trinajstić information content (AvgIpc) is 2.74. The molecule has 2 atom stereocenters. The molecule has 6 heteroatoms. The molecule has 0 spiro atoms. The normalized spacial score (nSPS) is 19.0. The van der Waals surface area contributed by atoms with Crippen LogP contribution in [-0.4, -0.2) is 29.0 Å². The van der Waals surface area contributed by atoms with Gasteiger partial charge in [0.05, 0.1) is 24.0 Å². The maximum atomic E-state index is 13.0. The van der Waals surface area contributed by atoms with Crippen LogP contribution in [0.3, 0.4) is 0 Å². The number of ether oxygens (including phenoxy) is 1. The molecule has 3 rings (SSSR count). The lowest BCUT2D eigenvalue weighted by Crippen LogP contribution is -2.36. The van der Waals surface area contributed by atoms with Gasteiger partial charge in [-0.2, -0.15) is 5.26 Å². The highest BCUT2D eigenvalue weighted by Crippen LogP contribution is 2.43. The molecule has 142 valence electrons. The molecule has 0 saturated heterocycles. The van der Waals surface area contributed by atoms with E-state index < -0.39 is 11.8 Å². The van der Waals surface area contributed by atoms with Crippen LogP contribution in [0.1, 0.15) is 30.9 Å².